The van der Waals surface area contributed by atoms with Crippen LogP contribution in [-0.2, 0) is 9.53 Å². The van der Waals surface area contributed by atoms with E-state index in [4.69, 9.17) is 4.74 Å². The maximum Gasteiger partial charge on any atom is 0.188 e. The Morgan fingerprint density at radius 2 is 2.05 bits per heavy atom. The zero-order chi connectivity index (χ0) is 14.8. The topological polar surface area (TPSA) is 26.3 Å². The van der Waals surface area contributed by atoms with Crippen LogP contribution in [0.1, 0.15) is 46.5 Å². The zero-order valence-electron chi connectivity index (χ0n) is 12.9. The lowest BCUT2D eigenvalue weighted by atomic mass is 10.0. The Balaban J connectivity index is 2.20. The van der Waals surface area contributed by atoms with Crippen molar-refractivity contribution in [3.63, 3.8) is 0 Å². The Hall–Kier alpha value is -1.41. The van der Waals surface area contributed by atoms with Crippen LogP contribution in [0.25, 0.3) is 0 Å². The first-order chi connectivity index (χ1) is 9.59. The van der Waals surface area contributed by atoms with Gasteiger partial charge in [0.25, 0.3) is 0 Å². The summed E-state index contributed by atoms with van der Waals surface area (Å²) in [6, 6.07) is 0. The van der Waals surface area contributed by atoms with Gasteiger partial charge in [-0.1, -0.05) is 41.5 Å². The second kappa shape index (κ2) is 9.49. The molecule has 0 saturated carbocycles. The molecule has 2 nitrogen and oxygen atoms in total. The number of rotatable bonds is 8. The largest absolute Gasteiger partial charge is 0.369 e. The van der Waals surface area contributed by atoms with E-state index in [9.17, 15) is 4.79 Å². The van der Waals surface area contributed by atoms with Gasteiger partial charge >= 0.3 is 0 Å². The van der Waals surface area contributed by atoms with E-state index < -0.39 is 0 Å². The molecule has 0 bridgehead atoms. The van der Waals surface area contributed by atoms with Gasteiger partial charge < -0.3 is 4.74 Å². The molecule has 0 fully saturated rings. The third-order valence-corrected chi connectivity index (χ3v) is 3.19. The van der Waals surface area contributed by atoms with Gasteiger partial charge in [-0.15, -0.1) is 0 Å². The number of carbonyl (C=O) groups is 1. The molecule has 0 radical (unpaired) electrons. The highest BCUT2D eigenvalue weighted by Gasteiger charge is 2.07. The Morgan fingerprint density at radius 1 is 1.25 bits per heavy atom. The van der Waals surface area contributed by atoms with Crippen molar-refractivity contribution in [1.82, 2.24) is 0 Å². The van der Waals surface area contributed by atoms with Crippen molar-refractivity contribution in [2.24, 2.45) is 0 Å². The van der Waals surface area contributed by atoms with Gasteiger partial charge in [0.05, 0.1) is 6.61 Å². The number of Topliss-reactive ketones (excluding diaryl/α,β-unsaturated/α-hetero) is 1. The van der Waals surface area contributed by atoms with Gasteiger partial charge in [0.2, 0.25) is 0 Å². The summed E-state index contributed by atoms with van der Waals surface area (Å²) in [4.78, 5) is 11.8. The number of allylic oxidation sites excluding steroid dienone is 6. The molecule has 2 heteroatoms. The molecular weight excluding hydrogens is 248 g/mol. The van der Waals surface area contributed by atoms with Gasteiger partial charge in [0.1, 0.15) is 6.61 Å². The first-order valence-electron chi connectivity index (χ1n) is 7.36. The summed E-state index contributed by atoms with van der Waals surface area (Å²) in [6.07, 6.45) is 14.4. The molecular formula is C18H26O2. The van der Waals surface area contributed by atoms with E-state index in [1.54, 1.807) is 0 Å². The maximum absolute atomic E-state index is 11.8. The van der Waals surface area contributed by atoms with Crippen molar-refractivity contribution in [2.45, 2.75) is 46.5 Å². The van der Waals surface area contributed by atoms with Crippen molar-refractivity contribution >= 4 is 5.78 Å². The first kappa shape index (κ1) is 16.6. The van der Waals surface area contributed by atoms with E-state index in [0.29, 0.717) is 6.61 Å². The summed E-state index contributed by atoms with van der Waals surface area (Å²) in [6.45, 7) is 7.03. The van der Waals surface area contributed by atoms with Crippen molar-refractivity contribution in [2.75, 3.05) is 13.2 Å². The average Bonchev–Trinajstić information content (AvgIpc) is 2.44. The van der Waals surface area contributed by atoms with Gasteiger partial charge in [0, 0.05) is 5.57 Å². The molecule has 0 aromatic rings. The van der Waals surface area contributed by atoms with Crippen LogP contribution in [0.2, 0.25) is 0 Å². The number of carbonyl (C=O) groups excluding carboxylic acids is 1. The molecule has 0 spiro atoms. The monoisotopic (exact) mass is 274 g/mol. The summed E-state index contributed by atoms with van der Waals surface area (Å²) in [5.41, 5.74) is 3.46. The molecule has 110 valence electrons. The normalized spacial score (nSPS) is 14.9. The SMILES string of the molecule is CC(C)=CCC/C(C)=C/COCC(=O)C1=CCCC=C1. The molecule has 0 saturated heterocycles. The van der Waals surface area contributed by atoms with Crippen LogP contribution >= 0.6 is 0 Å². The summed E-state index contributed by atoms with van der Waals surface area (Å²) in [5, 5.41) is 0. The first-order valence-corrected chi connectivity index (χ1v) is 7.36. The molecule has 0 aromatic heterocycles. The van der Waals surface area contributed by atoms with E-state index in [2.05, 4.69) is 32.9 Å². The Kier molecular flexibility index (Phi) is 7.89. The highest BCUT2D eigenvalue weighted by atomic mass is 16.5. The predicted molar refractivity (Wildman–Crippen MR) is 84.7 cm³/mol. The zero-order valence-corrected chi connectivity index (χ0v) is 12.9. The summed E-state index contributed by atoms with van der Waals surface area (Å²) in [5.74, 6) is 0.0801. The van der Waals surface area contributed by atoms with E-state index in [1.807, 2.05) is 18.2 Å². The molecule has 0 aliphatic heterocycles. The highest BCUT2D eigenvalue weighted by Crippen LogP contribution is 2.11. The molecule has 0 N–H and O–H groups in total. The van der Waals surface area contributed by atoms with Gasteiger partial charge in [-0.3, -0.25) is 4.79 Å². The predicted octanol–water partition coefficient (Wildman–Crippen LogP) is 4.54. The quantitative estimate of drug-likeness (QED) is 0.480. The molecule has 1 aliphatic carbocycles. The Morgan fingerprint density at radius 3 is 2.70 bits per heavy atom. The third-order valence-electron chi connectivity index (χ3n) is 3.19. The second-order valence-electron chi connectivity index (χ2n) is 5.45. The van der Waals surface area contributed by atoms with Gasteiger partial charge in [0.15, 0.2) is 5.78 Å². The number of hydrogen-bond donors (Lipinski definition) is 0. The van der Waals surface area contributed by atoms with Crippen LogP contribution in [0.5, 0.6) is 0 Å². The highest BCUT2D eigenvalue weighted by molar-refractivity contribution is 5.99. The summed E-state index contributed by atoms with van der Waals surface area (Å²) < 4.78 is 5.43. The van der Waals surface area contributed by atoms with Crippen LogP contribution in [0, 0.1) is 0 Å². The molecule has 0 unspecified atom stereocenters. The third kappa shape index (κ3) is 7.25. The molecule has 0 atom stereocenters. The minimum Gasteiger partial charge on any atom is -0.369 e. The Labute approximate surface area is 122 Å². The van der Waals surface area contributed by atoms with Crippen LogP contribution < -0.4 is 0 Å². The van der Waals surface area contributed by atoms with Crippen molar-refractivity contribution in [3.05, 3.63) is 47.1 Å². The van der Waals surface area contributed by atoms with E-state index in [-0.39, 0.29) is 12.4 Å². The number of ketones is 1. The fraction of sp³-hybridized carbons (Fsp3) is 0.500. The molecule has 1 rings (SSSR count). The van der Waals surface area contributed by atoms with E-state index >= 15 is 0 Å². The van der Waals surface area contributed by atoms with Crippen LogP contribution in [0.3, 0.4) is 0 Å². The minimum atomic E-state index is 0.0801. The Bertz CT molecular complexity index is 432. The van der Waals surface area contributed by atoms with Gasteiger partial charge in [-0.2, -0.15) is 0 Å². The van der Waals surface area contributed by atoms with Crippen LogP contribution in [0.4, 0.5) is 0 Å². The fourth-order valence-electron chi connectivity index (χ4n) is 1.95. The second-order valence-corrected chi connectivity index (χ2v) is 5.45. The molecule has 1 aliphatic rings. The van der Waals surface area contributed by atoms with E-state index in [1.165, 1.54) is 11.1 Å². The standard InChI is InChI=1S/C18H26O2/c1-15(2)8-7-9-16(3)12-13-20-14-18(19)17-10-5-4-6-11-17/h5,8,10-12H,4,6-7,9,13-14H2,1-3H3/b16-12+. The fourth-order valence-corrected chi connectivity index (χ4v) is 1.95. The summed E-state index contributed by atoms with van der Waals surface area (Å²) >= 11 is 0. The smallest absolute Gasteiger partial charge is 0.188 e. The van der Waals surface area contributed by atoms with E-state index in [0.717, 1.165) is 31.3 Å². The van der Waals surface area contributed by atoms with Crippen molar-refractivity contribution in [1.29, 1.82) is 0 Å². The minimum absolute atomic E-state index is 0.0801. The van der Waals surface area contributed by atoms with Crippen molar-refractivity contribution < 1.29 is 9.53 Å². The number of hydrogen-bond acceptors (Lipinski definition) is 2. The lowest BCUT2D eigenvalue weighted by Crippen LogP contribution is -2.11. The molecule has 0 aromatic carbocycles. The van der Waals surface area contributed by atoms with Crippen LogP contribution in [-0.4, -0.2) is 19.0 Å². The van der Waals surface area contributed by atoms with Gasteiger partial charge in [-0.25, -0.2) is 0 Å². The molecule has 0 heterocycles. The van der Waals surface area contributed by atoms with Gasteiger partial charge in [-0.05, 0) is 46.5 Å². The average molecular weight is 274 g/mol. The number of ether oxygens (including phenoxy) is 1. The molecule has 0 amide bonds. The maximum atomic E-state index is 11.8. The summed E-state index contributed by atoms with van der Waals surface area (Å²) in [7, 11) is 0. The lowest BCUT2D eigenvalue weighted by molar-refractivity contribution is -0.119. The molecule has 20 heavy (non-hydrogen) atoms. The van der Waals surface area contributed by atoms with Crippen molar-refractivity contribution in [3.8, 4) is 0 Å². The van der Waals surface area contributed by atoms with Crippen LogP contribution in [0.15, 0.2) is 47.1 Å². The lowest BCUT2D eigenvalue weighted by Gasteiger charge is -2.06.